The normalized spacial score (nSPS) is 26.2. The van der Waals surface area contributed by atoms with Gasteiger partial charge in [-0.1, -0.05) is 85.6 Å². The summed E-state index contributed by atoms with van der Waals surface area (Å²) in [4.78, 5) is 10.9. The highest BCUT2D eigenvalue weighted by atomic mass is 28.4. The number of carboxylic acids is 1. The Morgan fingerprint density at radius 3 is 2.12 bits per heavy atom. The van der Waals surface area contributed by atoms with Crippen molar-refractivity contribution in [2.75, 3.05) is 0 Å². The van der Waals surface area contributed by atoms with Gasteiger partial charge < -0.3 is 19.1 Å². The molecule has 0 bridgehead atoms. The van der Waals surface area contributed by atoms with Crippen LogP contribution in [0.15, 0.2) is 24.3 Å². The number of aliphatic hydroxyl groups excluding tert-OH is 1. The predicted molar refractivity (Wildman–Crippen MR) is 182 cm³/mol. The number of unbranched alkanes of at least 4 members (excludes halogenated alkanes) is 1. The minimum absolute atomic E-state index is 0.00983. The Morgan fingerprint density at radius 2 is 1.62 bits per heavy atom. The number of hydrogen-bond acceptors (Lipinski definition) is 4. The van der Waals surface area contributed by atoms with Crippen molar-refractivity contribution in [2.24, 2.45) is 17.3 Å². The molecule has 0 spiro atoms. The molecular formula is C35H66O5Si2. The molecule has 2 fully saturated rings. The Morgan fingerprint density at radius 1 is 1.00 bits per heavy atom. The average molecular weight is 623 g/mol. The van der Waals surface area contributed by atoms with Crippen LogP contribution in [0.2, 0.25) is 36.3 Å². The van der Waals surface area contributed by atoms with Gasteiger partial charge in [-0.25, -0.2) is 0 Å². The van der Waals surface area contributed by atoms with E-state index in [2.05, 4.69) is 99.0 Å². The molecule has 0 aromatic rings. The highest BCUT2D eigenvalue weighted by Crippen LogP contribution is 2.52. The molecule has 0 radical (unpaired) electrons. The predicted octanol–water partition coefficient (Wildman–Crippen LogP) is 9.88. The number of rotatable bonds is 16. The van der Waals surface area contributed by atoms with Crippen molar-refractivity contribution in [2.45, 2.75) is 174 Å². The molecular weight excluding hydrogens is 557 g/mol. The fraction of sp³-hybridized carbons (Fsp3) is 0.857. The number of carboxylic acid groups (broad SMARTS) is 1. The molecule has 1 unspecified atom stereocenters. The Kier molecular flexibility index (Phi) is 13.4. The van der Waals surface area contributed by atoms with E-state index in [0.717, 1.165) is 19.3 Å². The van der Waals surface area contributed by atoms with Crippen LogP contribution in [-0.2, 0) is 13.6 Å². The fourth-order valence-corrected chi connectivity index (χ4v) is 9.06. The Balaban J connectivity index is 2.31. The van der Waals surface area contributed by atoms with Crippen LogP contribution in [0.5, 0.6) is 0 Å². The molecule has 2 saturated carbocycles. The number of allylic oxidation sites excluding steroid dienone is 2. The molecule has 0 saturated heterocycles. The van der Waals surface area contributed by atoms with E-state index in [1.807, 2.05) is 0 Å². The van der Waals surface area contributed by atoms with Crippen molar-refractivity contribution < 1.29 is 23.9 Å². The molecule has 5 atom stereocenters. The third-order valence-corrected chi connectivity index (χ3v) is 20.2. The zero-order valence-corrected chi connectivity index (χ0v) is 31.1. The van der Waals surface area contributed by atoms with Crippen molar-refractivity contribution in [3.8, 4) is 0 Å². The molecule has 5 nitrogen and oxygen atoms in total. The highest BCUT2D eigenvalue weighted by molar-refractivity contribution is 6.74. The van der Waals surface area contributed by atoms with Crippen molar-refractivity contribution in [3.05, 3.63) is 24.3 Å². The van der Waals surface area contributed by atoms with Crippen LogP contribution in [0, 0.1) is 17.3 Å². The van der Waals surface area contributed by atoms with E-state index in [-0.39, 0.29) is 40.5 Å². The van der Waals surface area contributed by atoms with Gasteiger partial charge in [0.25, 0.3) is 0 Å². The first-order valence-corrected chi connectivity index (χ1v) is 22.6. The summed E-state index contributed by atoms with van der Waals surface area (Å²) in [7, 11) is -3.96. The van der Waals surface area contributed by atoms with Crippen LogP contribution in [0.1, 0.15) is 119 Å². The van der Waals surface area contributed by atoms with Crippen LogP contribution in [0.4, 0.5) is 0 Å². The van der Waals surface area contributed by atoms with Crippen molar-refractivity contribution >= 4 is 22.6 Å². The van der Waals surface area contributed by atoms with Gasteiger partial charge in [0, 0.05) is 12.3 Å². The Bertz CT molecular complexity index is 907. The second-order valence-electron chi connectivity index (χ2n) is 16.5. The summed E-state index contributed by atoms with van der Waals surface area (Å²) >= 11 is 0. The standard InChI is InChI=1S/C35H66O5Si2/c1-12-23-35(24-18-25-35)31(40-42(10,11)34(5,6)7)21-17-20-28-27(19-15-13-14-16-22-32(37)38)29(36)26-30(28)39-41(8,9)33(2,3)4/h13,15,17,20,27-31,36H,12,14,16,18-19,21-26H2,1-11H3,(H,37,38)/b15-13-,20-17+/t27-,28-,29+,30-,31?/m1/s1. The summed E-state index contributed by atoms with van der Waals surface area (Å²) in [6.07, 6.45) is 19.1. The maximum Gasteiger partial charge on any atom is 0.303 e. The molecule has 0 aromatic carbocycles. The second-order valence-corrected chi connectivity index (χ2v) is 26.0. The van der Waals surface area contributed by atoms with E-state index in [9.17, 15) is 9.90 Å². The highest BCUT2D eigenvalue weighted by Gasteiger charge is 2.49. The van der Waals surface area contributed by atoms with E-state index >= 15 is 0 Å². The largest absolute Gasteiger partial charge is 0.481 e. The van der Waals surface area contributed by atoms with Gasteiger partial charge in [-0.05, 0) is 99.0 Å². The molecule has 42 heavy (non-hydrogen) atoms. The van der Waals surface area contributed by atoms with Gasteiger partial charge in [0.2, 0.25) is 0 Å². The zero-order chi connectivity index (χ0) is 32.0. The average Bonchev–Trinajstić information content (AvgIpc) is 3.09. The first kappa shape index (κ1) is 37.5. The van der Waals surface area contributed by atoms with Crippen molar-refractivity contribution in [3.63, 3.8) is 0 Å². The topological polar surface area (TPSA) is 76.0 Å². The fourth-order valence-electron chi connectivity index (χ4n) is 6.28. The van der Waals surface area contributed by atoms with Gasteiger partial charge >= 0.3 is 5.97 Å². The molecule has 0 heterocycles. The first-order valence-electron chi connectivity index (χ1n) is 16.8. The molecule has 244 valence electrons. The van der Waals surface area contributed by atoms with Crippen LogP contribution in [0.25, 0.3) is 0 Å². The number of aliphatic hydroxyl groups is 1. The zero-order valence-electron chi connectivity index (χ0n) is 29.1. The van der Waals surface area contributed by atoms with Crippen LogP contribution >= 0.6 is 0 Å². The van der Waals surface area contributed by atoms with Gasteiger partial charge in [0.15, 0.2) is 16.6 Å². The lowest BCUT2D eigenvalue weighted by atomic mass is 9.62. The van der Waals surface area contributed by atoms with Crippen molar-refractivity contribution in [1.82, 2.24) is 0 Å². The van der Waals surface area contributed by atoms with Gasteiger partial charge in [0.1, 0.15) is 0 Å². The molecule has 2 aliphatic carbocycles. The summed E-state index contributed by atoms with van der Waals surface area (Å²) in [6, 6.07) is 0. The quantitative estimate of drug-likeness (QED) is 0.102. The molecule has 0 amide bonds. The number of hydrogen-bond donors (Lipinski definition) is 2. The van der Waals surface area contributed by atoms with Crippen LogP contribution in [0.3, 0.4) is 0 Å². The summed E-state index contributed by atoms with van der Waals surface area (Å²) < 4.78 is 14.2. The van der Waals surface area contributed by atoms with E-state index in [1.165, 1.54) is 32.1 Å². The summed E-state index contributed by atoms with van der Waals surface area (Å²) in [5, 5.41) is 20.5. The Labute approximate surface area is 261 Å². The summed E-state index contributed by atoms with van der Waals surface area (Å²) in [5.74, 6) is -0.501. The molecule has 2 N–H and O–H groups in total. The van der Waals surface area contributed by atoms with Crippen LogP contribution in [-0.4, -0.2) is 51.1 Å². The number of aliphatic carboxylic acids is 1. The third kappa shape index (κ3) is 9.88. The second kappa shape index (κ2) is 15.0. The minimum Gasteiger partial charge on any atom is -0.481 e. The molecule has 0 aliphatic heterocycles. The molecule has 7 heteroatoms. The lowest BCUT2D eigenvalue weighted by molar-refractivity contribution is -0.137. The molecule has 0 aromatic heterocycles. The first-order chi connectivity index (χ1) is 19.3. The lowest BCUT2D eigenvalue weighted by Crippen LogP contribution is -2.51. The third-order valence-electron chi connectivity index (χ3n) is 11.2. The van der Waals surface area contributed by atoms with E-state index in [4.69, 9.17) is 14.0 Å². The molecule has 2 rings (SSSR count). The minimum atomic E-state index is -2.02. The maximum atomic E-state index is 11.3. The maximum absolute atomic E-state index is 11.3. The van der Waals surface area contributed by atoms with Gasteiger partial charge in [-0.3, -0.25) is 4.79 Å². The molecule has 2 aliphatic rings. The smallest absolute Gasteiger partial charge is 0.303 e. The van der Waals surface area contributed by atoms with Gasteiger partial charge in [0.05, 0.1) is 18.3 Å². The van der Waals surface area contributed by atoms with E-state index in [1.54, 1.807) is 0 Å². The van der Waals surface area contributed by atoms with Gasteiger partial charge in [-0.2, -0.15) is 0 Å². The van der Waals surface area contributed by atoms with Crippen molar-refractivity contribution in [1.29, 1.82) is 0 Å². The summed E-state index contributed by atoms with van der Waals surface area (Å²) in [6.45, 7) is 25.5. The summed E-state index contributed by atoms with van der Waals surface area (Å²) in [5.41, 5.74) is 0.291. The van der Waals surface area contributed by atoms with Gasteiger partial charge in [-0.15, -0.1) is 0 Å². The van der Waals surface area contributed by atoms with E-state index < -0.39 is 28.7 Å². The van der Waals surface area contributed by atoms with Crippen LogP contribution < -0.4 is 0 Å². The Hall–Kier alpha value is -0.736. The number of carbonyl (C=O) groups is 1. The van der Waals surface area contributed by atoms with E-state index in [0.29, 0.717) is 18.3 Å². The SMILES string of the molecule is CCCC1(C(C/C=C/[C@@H]2[C@@H](C/C=C\CCCC(=O)O)[C@@H](O)C[C@H]2O[Si](C)(C)C(C)(C)C)O[Si](C)(C)C(C)(C)C)CCC1. The lowest BCUT2D eigenvalue weighted by Gasteiger charge is -2.51. The monoisotopic (exact) mass is 622 g/mol.